The van der Waals surface area contributed by atoms with Crippen LogP contribution in [0.1, 0.15) is 38.5 Å². The van der Waals surface area contributed by atoms with Crippen molar-refractivity contribution in [2.45, 2.75) is 76.8 Å². The van der Waals surface area contributed by atoms with Gasteiger partial charge >= 0.3 is 23.9 Å². The Bertz CT molecular complexity index is 729. The highest BCUT2D eigenvalue weighted by Crippen LogP contribution is 2.45. The van der Waals surface area contributed by atoms with Crippen molar-refractivity contribution >= 4 is 40.5 Å². The number of hydrogen-bond acceptors (Lipinski definition) is 7. The van der Waals surface area contributed by atoms with Crippen LogP contribution in [0.2, 0.25) is 38.3 Å². The molecule has 2 saturated carbocycles. The summed E-state index contributed by atoms with van der Waals surface area (Å²) in [7, 11) is -3.93. The molecule has 4 aliphatic rings. The molecule has 9 heteroatoms. The molecule has 172 valence electrons. The van der Waals surface area contributed by atoms with Crippen LogP contribution in [-0.2, 0) is 32.8 Å². The van der Waals surface area contributed by atoms with Gasteiger partial charge in [-0.05, 0) is 88.6 Å². The zero-order valence-electron chi connectivity index (χ0n) is 19.0. The summed E-state index contributed by atoms with van der Waals surface area (Å²) >= 11 is 0. The average molecular weight is 467 g/mol. The Morgan fingerprint density at radius 2 is 1.00 bits per heavy atom. The molecule has 0 bridgehead atoms. The Labute approximate surface area is 185 Å². The van der Waals surface area contributed by atoms with Gasteiger partial charge in [0.25, 0.3) is 0 Å². The molecule has 6 atom stereocenters. The summed E-state index contributed by atoms with van der Waals surface area (Å²) in [5, 5.41) is 0. The van der Waals surface area contributed by atoms with Crippen molar-refractivity contribution in [2.75, 3.05) is 0 Å². The second-order valence-corrected chi connectivity index (χ2v) is 20.0. The zero-order valence-corrected chi connectivity index (χ0v) is 21.0. The molecule has 31 heavy (non-hydrogen) atoms. The molecule has 0 amide bonds. The van der Waals surface area contributed by atoms with E-state index in [-0.39, 0.29) is 47.5 Å². The van der Waals surface area contributed by atoms with Crippen LogP contribution in [0.25, 0.3) is 0 Å². The summed E-state index contributed by atoms with van der Waals surface area (Å²) in [5.74, 6) is -1.52. The summed E-state index contributed by atoms with van der Waals surface area (Å²) in [6.45, 7) is 9.04. The lowest BCUT2D eigenvalue weighted by Gasteiger charge is -2.40. The predicted molar refractivity (Wildman–Crippen MR) is 117 cm³/mol. The minimum Gasteiger partial charge on any atom is -0.455 e. The van der Waals surface area contributed by atoms with E-state index in [1.54, 1.807) is 0 Å². The van der Waals surface area contributed by atoms with Gasteiger partial charge in [-0.1, -0.05) is 0 Å². The number of cyclic esters (lactones) is 4. The molecule has 0 aromatic rings. The summed E-state index contributed by atoms with van der Waals surface area (Å²) in [6.07, 6.45) is 4.85. The maximum absolute atomic E-state index is 12.0. The minimum absolute atomic E-state index is 0.232. The molecule has 2 aliphatic heterocycles. The van der Waals surface area contributed by atoms with E-state index in [0.29, 0.717) is 11.8 Å². The lowest BCUT2D eigenvalue weighted by molar-refractivity contribution is -0.155. The van der Waals surface area contributed by atoms with Gasteiger partial charge < -0.3 is 13.6 Å². The second-order valence-electron chi connectivity index (χ2n) is 11.3. The van der Waals surface area contributed by atoms with Crippen LogP contribution in [0.15, 0.2) is 0 Å². The Morgan fingerprint density at radius 3 is 1.39 bits per heavy atom. The molecular weight excluding hydrogens is 432 g/mol. The first-order valence-corrected chi connectivity index (χ1v) is 17.9. The number of esters is 4. The summed E-state index contributed by atoms with van der Waals surface area (Å²) < 4.78 is 16.6. The first kappa shape index (κ1) is 22.9. The zero-order chi connectivity index (χ0) is 22.6. The first-order chi connectivity index (χ1) is 14.4. The standard InChI is InChI=1S/C22H34O7Si2/c1-30(2,11-13-5-7-15-17(9-13)21(25)27-19(15)23)29-31(3,4)12-14-6-8-16-18(10-14)22(26)28-20(16)24/h13-18H,5-12H2,1-4H3. The quantitative estimate of drug-likeness (QED) is 0.335. The van der Waals surface area contributed by atoms with Crippen molar-refractivity contribution < 1.29 is 32.8 Å². The van der Waals surface area contributed by atoms with E-state index in [9.17, 15) is 19.2 Å². The van der Waals surface area contributed by atoms with Crippen LogP contribution in [0.3, 0.4) is 0 Å². The van der Waals surface area contributed by atoms with Gasteiger partial charge in [-0.15, -0.1) is 0 Å². The van der Waals surface area contributed by atoms with Gasteiger partial charge in [-0.3, -0.25) is 19.2 Å². The number of hydrogen-bond donors (Lipinski definition) is 0. The fourth-order valence-corrected chi connectivity index (χ4v) is 16.9. The molecule has 0 aromatic carbocycles. The summed E-state index contributed by atoms with van der Waals surface area (Å²) in [5.41, 5.74) is 0. The third kappa shape index (κ3) is 4.88. The molecule has 2 aliphatic carbocycles. The number of rotatable bonds is 6. The largest absolute Gasteiger partial charge is 0.455 e. The van der Waals surface area contributed by atoms with Gasteiger partial charge in [0.2, 0.25) is 0 Å². The predicted octanol–water partition coefficient (Wildman–Crippen LogP) is 3.65. The molecule has 0 spiro atoms. The van der Waals surface area contributed by atoms with Gasteiger partial charge in [0.05, 0.1) is 23.7 Å². The Kier molecular flexibility index (Phi) is 6.06. The third-order valence-corrected chi connectivity index (χ3v) is 15.2. The highest BCUT2D eigenvalue weighted by molar-refractivity contribution is 6.84. The van der Waals surface area contributed by atoms with Crippen molar-refractivity contribution in [3.05, 3.63) is 0 Å². The molecule has 6 unspecified atom stereocenters. The molecular formula is C22H34O7Si2. The van der Waals surface area contributed by atoms with Crippen LogP contribution in [0, 0.1) is 35.5 Å². The Morgan fingerprint density at radius 1 is 0.645 bits per heavy atom. The van der Waals surface area contributed by atoms with E-state index in [1.807, 2.05) is 0 Å². The molecule has 2 saturated heterocycles. The SMILES string of the molecule is C[Si](C)(CC1CCC2C(=O)OC(=O)C2C1)O[Si](C)(C)CC1CCC2C(=O)OC(=O)C2C1. The third-order valence-electron chi connectivity index (χ3n) is 7.64. The Hall–Kier alpha value is -1.33. The van der Waals surface area contributed by atoms with Crippen LogP contribution < -0.4 is 0 Å². The van der Waals surface area contributed by atoms with Gasteiger partial charge in [0.1, 0.15) is 0 Å². The number of ether oxygens (including phenoxy) is 2. The van der Waals surface area contributed by atoms with Gasteiger partial charge in [-0.25, -0.2) is 0 Å². The highest BCUT2D eigenvalue weighted by atomic mass is 28.4. The van der Waals surface area contributed by atoms with Gasteiger partial charge in [-0.2, -0.15) is 0 Å². The van der Waals surface area contributed by atoms with Crippen molar-refractivity contribution in [3.8, 4) is 0 Å². The van der Waals surface area contributed by atoms with Gasteiger partial charge in [0.15, 0.2) is 16.6 Å². The normalized spacial score (nSPS) is 36.1. The van der Waals surface area contributed by atoms with Crippen LogP contribution in [-0.4, -0.2) is 40.5 Å². The monoisotopic (exact) mass is 466 g/mol. The number of carbonyl (C=O) groups excluding carboxylic acids is 4. The molecule has 4 rings (SSSR count). The Balaban J connectivity index is 1.31. The minimum atomic E-state index is -1.97. The number of fused-ring (bicyclic) bond motifs is 2. The highest BCUT2D eigenvalue weighted by Gasteiger charge is 2.50. The fourth-order valence-electron chi connectivity index (χ4n) is 6.69. The van der Waals surface area contributed by atoms with Crippen molar-refractivity contribution in [1.82, 2.24) is 0 Å². The molecule has 0 N–H and O–H groups in total. The van der Waals surface area contributed by atoms with Crippen molar-refractivity contribution in [2.24, 2.45) is 35.5 Å². The topological polar surface area (TPSA) is 96.0 Å². The van der Waals surface area contributed by atoms with E-state index < -0.39 is 16.6 Å². The second kappa shape index (κ2) is 8.22. The average Bonchev–Trinajstić information content (AvgIpc) is 3.08. The van der Waals surface area contributed by atoms with Crippen molar-refractivity contribution in [3.63, 3.8) is 0 Å². The lowest BCUT2D eigenvalue weighted by Crippen LogP contribution is -2.47. The van der Waals surface area contributed by atoms with Crippen LogP contribution in [0.5, 0.6) is 0 Å². The summed E-state index contributed by atoms with van der Waals surface area (Å²) in [4.78, 5) is 47.6. The molecule has 0 aromatic heterocycles. The first-order valence-electron chi connectivity index (χ1n) is 11.7. The van der Waals surface area contributed by atoms with E-state index in [1.165, 1.54) is 0 Å². The fraction of sp³-hybridized carbons (Fsp3) is 0.818. The van der Waals surface area contributed by atoms with Crippen molar-refractivity contribution in [1.29, 1.82) is 0 Å². The molecule has 4 fully saturated rings. The maximum Gasteiger partial charge on any atom is 0.317 e. The molecule has 2 heterocycles. The van der Waals surface area contributed by atoms with E-state index in [2.05, 4.69) is 26.2 Å². The van der Waals surface area contributed by atoms with E-state index in [0.717, 1.165) is 50.6 Å². The molecule has 0 radical (unpaired) electrons. The summed E-state index contributed by atoms with van der Waals surface area (Å²) in [6, 6.07) is 1.98. The van der Waals surface area contributed by atoms with Crippen LogP contribution in [0.4, 0.5) is 0 Å². The van der Waals surface area contributed by atoms with Crippen LogP contribution >= 0.6 is 0 Å². The van der Waals surface area contributed by atoms with Gasteiger partial charge in [0, 0.05) is 0 Å². The smallest absolute Gasteiger partial charge is 0.317 e. The number of carbonyl (C=O) groups is 4. The maximum atomic E-state index is 12.0. The lowest BCUT2D eigenvalue weighted by atomic mass is 9.76. The molecule has 7 nitrogen and oxygen atoms in total. The van der Waals surface area contributed by atoms with E-state index >= 15 is 0 Å². The van der Waals surface area contributed by atoms with E-state index in [4.69, 9.17) is 13.6 Å².